The molecule has 3 N–H and O–H groups in total. The van der Waals surface area contributed by atoms with E-state index in [-0.39, 0.29) is 34.6 Å². The van der Waals surface area contributed by atoms with Gasteiger partial charge in [0.15, 0.2) is 0 Å². The van der Waals surface area contributed by atoms with Crippen molar-refractivity contribution in [2.45, 2.75) is 26.4 Å². The number of amides is 2. The fraction of sp³-hybridized carbons (Fsp3) is 0.312. The number of aromatic nitrogens is 2. The second-order valence-corrected chi connectivity index (χ2v) is 6.32. The zero-order chi connectivity index (χ0) is 19.3. The fourth-order valence-corrected chi connectivity index (χ4v) is 2.49. The second kappa shape index (κ2) is 8.43. The van der Waals surface area contributed by atoms with Gasteiger partial charge in [-0.25, -0.2) is 0 Å². The molecule has 0 aliphatic carbocycles. The van der Waals surface area contributed by atoms with Crippen molar-refractivity contribution in [2.24, 2.45) is 5.92 Å². The molecule has 0 aliphatic heterocycles. The maximum absolute atomic E-state index is 12.4. The molecule has 0 spiro atoms. The monoisotopic (exact) mass is 379 g/mol. The lowest BCUT2D eigenvalue weighted by molar-refractivity contribution is -0.384. The van der Waals surface area contributed by atoms with E-state index in [1.807, 2.05) is 0 Å². The van der Waals surface area contributed by atoms with Crippen molar-refractivity contribution in [1.82, 2.24) is 20.8 Å². The number of H-pyrrole nitrogens is 1. The van der Waals surface area contributed by atoms with E-state index in [2.05, 4.69) is 20.8 Å². The summed E-state index contributed by atoms with van der Waals surface area (Å²) < 4.78 is 0. The number of carbonyl (C=O) groups is 2. The van der Waals surface area contributed by atoms with Gasteiger partial charge in [0.2, 0.25) is 5.91 Å². The third-order valence-electron chi connectivity index (χ3n) is 3.66. The van der Waals surface area contributed by atoms with Crippen molar-refractivity contribution in [2.75, 3.05) is 0 Å². The number of carbonyl (C=O) groups excluding carboxylic acids is 2. The SMILES string of the molecule is CC(C)C(NC(=O)c1ccc([N+](=O)[O-])cc1Cl)C(=O)NCc1ccn[nH]1. The molecule has 1 unspecified atom stereocenters. The Hall–Kier alpha value is -2.94. The van der Waals surface area contributed by atoms with Gasteiger partial charge in [0, 0.05) is 18.3 Å². The normalized spacial score (nSPS) is 11.8. The van der Waals surface area contributed by atoms with Crippen LogP contribution in [-0.2, 0) is 11.3 Å². The minimum absolute atomic E-state index is 0.0583. The van der Waals surface area contributed by atoms with Crippen LogP contribution < -0.4 is 10.6 Å². The molecule has 9 nitrogen and oxygen atoms in total. The standard InChI is InChI=1S/C16H18ClN5O4/c1-9(2)14(16(24)18-8-10-5-6-19-21-10)20-15(23)12-4-3-11(22(25)26)7-13(12)17/h3-7,9,14H,8H2,1-2H3,(H,18,24)(H,19,21)(H,20,23). The number of halogens is 1. The summed E-state index contributed by atoms with van der Waals surface area (Å²) in [5, 5.41) is 22.5. The number of rotatable bonds is 7. The van der Waals surface area contributed by atoms with E-state index in [1.54, 1.807) is 26.1 Å². The van der Waals surface area contributed by atoms with E-state index in [1.165, 1.54) is 12.1 Å². The van der Waals surface area contributed by atoms with Gasteiger partial charge in [0.25, 0.3) is 11.6 Å². The molecule has 1 aromatic carbocycles. The Balaban J connectivity index is 2.07. The van der Waals surface area contributed by atoms with Crippen molar-refractivity contribution in [3.05, 3.63) is 56.9 Å². The number of nitrogens with one attached hydrogen (secondary N) is 3. The van der Waals surface area contributed by atoms with Crippen molar-refractivity contribution in [3.63, 3.8) is 0 Å². The molecule has 0 aliphatic rings. The van der Waals surface area contributed by atoms with Crippen LogP contribution in [0, 0.1) is 16.0 Å². The molecule has 0 radical (unpaired) electrons. The first-order valence-electron chi connectivity index (χ1n) is 7.80. The summed E-state index contributed by atoms with van der Waals surface area (Å²) in [6, 6.07) is 4.47. The van der Waals surface area contributed by atoms with E-state index in [0.717, 1.165) is 11.8 Å². The average molecular weight is 380 g/mol. The van der Waals surface area contributed by atoms with Crippen LogP contribution in [0.3, 0.4) is 0 Å². The Morgan fingerprint density at radius 2 is 2.08 bits per heavy atom. The molecule has 2 aromatic rings. The number of non-ortho nitro benzene ring substituents is 1. The van der Waals surface area contributed by atoms with Crippen LogP contribution in [0.2, 0.25) is 5.02 Å². The molecule has 2 rings (SSSR count). The summed E-state index contributed by atoms with van der Waals surface area (Å²) in [5.41, 5.74) is 0.569. The predicted octanol–water partition coefficient (Wildman–Crippen LogP) is 2.04. The van der Waals surface area contributed by atoms with Crippen LogP contribution >= 0.6 is 11.6 Å². The topological polar surface area (TPSA) is 130 Å². The number of nitro groups is 1. The smallest absolute Gasteiger partial charge is 0.270 e. The van der Waals surface area contributed by atoms with Crippen LogP contribution in [-0.4, -0.2) is 33.0 Å². The lowest BCUT2D eigenvalue weighted by Gasteiger charge is -2.21. The molecular weight excluding hydrogens is 362 g/mol. The molecule has 10 heteroatoms. The second-order valence-electron chi connectivity index (χ2n) is 5.92. The van der Waals surface area contributed by atoms with E-state index in [4.69, 9.17) is 11.6 Å². The first-order valence-corrected chi connectivity index (χ1v) is 8.18. The van der Waals surface area contributed by atoms with Crippen LogP contribution in [0.15, 0.2) is 30.5 Å². The van der Waals surface area contributed by atoms with Gasteiger partial charge < -0.3 is 10.6 Å². The number of hydrogen-bond acceptors (Lipinski definition) is 5. The molecule has 0 fully saturated rings. The van der Waals surface area contributed by atoms with Crippen LogP contribution in [0.1, 0.15) is 29.9 Å². The zero-order valence-corrected chi connectivity index (χ0v) is 14.9. The molecule has 1 aromatic heterocycles. The molecule has 0 bridgehead atoms. The molecule has 1 atom stereocenters. The minimum Gasteiger partial charge on any atom is -0.349 e. The summed E-state index contributed by atoms with van der Waals surface area (Å²) >= 11 is 5.96. The van der Waals surface area contributed by atoms with Gasteiger partial charge >= 0.3 is 0 Å². The molecule has 0 saturated carbocycles. The van der Waals surface area contributed by atoms with Gasteiger partial charge in [-0.1, -0.05) is 25.4 Å². The van der Waals surface area contributed by atoms with Crippen molar-refractivity contribution in [3.8, 4) is 0 Å². The number of aromatic amines is 1. The Bertz CT molecular complexity index is 807. The van der Waals surface area contributed by atoms with Gasteiger partial charge in [-0.15, -0.1) is 0 Å². The fourth-order valence-electron chi connectivity index (χ4n) is 2.23. The lowest BCUT2D eigenvalue weighted by Crippen LogP contribution is -2.49. The molecule has 26 heavy (non-hydrogen) atoms. The van der Waals surface area contributed by atoms with Gasteiger partial charge in [0.05, 0.1) is 27.7 Å². The molecular formula is C16H18ClN5O4. The van der Waals surface area contributed by atoms with Gasteiger partial charge in [-0.05, 0) is 18.1 Å². The largest absolute Gasteiger partial charge is 0.349 e. The summed E-state index contributed by atoms with van der Waals surface area (Å²) in [6.45, 7) is 3.83. The van der Waals surface area contributed by atoms with E-state index in [9.17, 15) is 19.7 Å². The summed E-state index contributed by atoms with van der Waals surface area (Å²) in [5.74, 6) is -1.13. The average Bonchev–Trinajstić information content (AvgIpc) is 3.10. The van der Waals surface area contributed by atoms with E-state index < -0.39 is 16.9 Å². The molecule has 1 heterocycles. The number of hydrogen-bond donors (Lipinski definition) is 3. The van der Waals surface area contributed by atoms with Gasteiger partial charge in [-0.2, -0.15) is 5.10 Å². The highest BCUT2D eigenvalue weighted by molar-refractivity contribution is 6.34. The molecule has 0 saturated heterocycles. The highest BCUT2D eigenvalue weighted by Crippen LogP contribution is 2.22. The highest BCUT2D eigenvalue weighted by atomic mass is 35.5. The molecule has 2 amide bonds. The van der Waals surface area contributed by atoms with E-state index >= 15 is 0 Å². The van der Waals surface area contributed by atoms with Crippen molar-refractivity contribution in [1.29, 1.82) is 0 Å². The maximum Gasteiger partial charge on any atom is 0.270 e. The Morgan fingerprint density at radius 3 is 2.62 bits per heavy atom. The Labute approximate surface area is 154 Å². The quantitative estimate of drug-likeness (QED) is 0.500. The van der Waals surface area contributed by atoms with Crippen molar-refractivity contribution >= 4 is 29.1 Å². The van der Waals surface area contributed by atoms with Crippen LogP contribution in [0.4, 0.5) is 5.69 Å². The van der Waals surface area contributed by atoms with Crippen LogP contribution in [0.25, 0.3) is 0 Å². The minimum atomic E-state index is -0.795. The first kappa shape index (κ1) is 19.4. The zero-order valence-electron chi connectivity index (χ0n) is 14.2. The summed E-state index contributed by atoms with van der Waals surface area (Å²) in [4.78, 5) is 35.0. The number of benzene rings is 1. The molecule has 138 valence electrons. The lowest BCUT2D eigenvalue weighted by atomic mass is 10.0. The number of nitro benzene ring substituents is 1. The highest BCUT2D eigenvalue weighted by Gasteiger charge is 2.26. The van der Waals surface area contributed by atoms with Crippen LogP contribution in [0.5, 0.6) is 0 Å². The Kier molecular flexibility index (Phi) is 6.29. The Morgan fingerprint density at radius 1 is 1.35 bits per heavy atom. The predicted molar refractivity (Wildman–Crippen MR) is 94.6 cm³/mol. The third kappa shape index (κ3) is 4.79. The van der Waals surface area contributed by atoms with Gasteiger partial charge in [0.1, 0.15) is 6.04 Å². The summed E-state index contributed by atoms with van der Waals surface area (Å²) in [6.07, 6.45) is 1.57. The van der Waals surface area contributed by atoms with Gasteiger partial charge in [-0.3, -0.25) is 24.8 Å². The number of nitrogens with zero attached hydrogens (tertiary/aromatic N) is 2. The van der Waals surface area contributed by atoms with Crippen molar-refractivity contribution < 1.29 is 14.5 Å². The summed E-state index contributed by atoms with van der Waals surface area (Å²) in [7, 11) is 0. The van der Waals surface area contributed by atoms with E-state index in [0.29, 0.717) is 0 Å². The first-order chi connectivity index (χ1) is 12.3. The maximum atomic E-state index is 12.4. The third-order valence-corrected chi connectivity index (χ3v) is 3.97.